The summed E-state index contributed by atoms with van der Waals surface area (Å²) in [4.78, 5) is 2.02. The first-order valence-corrected chi connectivity index (χ1v) is 5.74. The van der Waals surface area contributed by atoms with E-state index in [1.165, 1.54) is 12.1 Å². The van der Waals surface area contributed by atoms with Gasteiger partial charge in [-0.05, 0) is 31.5 Å². The molecule has 2 unspecified atom stereocenters. The largest absolute Gasteiger partial charge is 0.393 e. The van der Waals surface area contributed by atoms with Crippen LogP contribution >= 0.6 is 0 Å². The molecule has 4 heteroatoms. The third-order valence-corrected chi connectivity index (χ3v) is 3.28. The van der Waals surface area contributed by atoms with E-state index in [2.05, 4.69) is 0 Å². The van der Waals surface area contributed by atoms with Gasteiger partial charge in [-0.25, -0.2) is 4.39 Å². The number of aliphatic hydroxyl groups excluding tert-OH is 1. The van der Waals surface area contributed by atoms with Crippen LogP contribution in [0.5, 0.6) is 0 Å². The van der Waals surface area contributed by atoms with Crippen LogP contribution in [-0.4, -0.2) is 24.3 Å². The predicted octanol–water partition coefficient (Wildman–Crippen LogP) is 1.90. The summed E-state index contributed by atoms with van der Waals surface area (Å²) in [7, 11) is 0. The van der Waals surface area contributed by atoms with Gasteiger partial charge in [-0.3, -0.25) is 0 Å². The van der Waals surface area contributed by atoms with Crippen molar-refractivity contribution in [3.05, 3.63) is 29.6 Å². The highest BCUT2D eigenvalue weighted by Gasteiger charge is 2.26. The maximum absolute atomic E-state index is 13.3. The molecule has 0 amide bonds. The van der Waals surface area contributed by atoms with Crippen LogP contribution < -0.4 is 4.90 Å². The summed E-state index contributed by atoms with van der Waals surface area (Å²) in [5.41, 5.74) is 1.06. The van der Waals surface area contributed by atoms with Gasteiger partial charge in [0.25, 0.3) is 0 Å². The summed E-state index contributed by atoms with van der Waals surface area (Å²) < 4.78 is 13.3. The molecule has 0 aliphatic carbocycles. The fourth-order valence-corrected chi connectivity index (χ4v) is 2.24. The molecule has 0 spiro atoms. The molecule has 1 fully saturated rings. The number of hydrogen-bond donors (Lipinski definition) is 1. The summed E-state index contributed by atoms with van der Waals surface area (Å²) in [6.45, 7) is 3.29. The summed E-state index contributed by atoms with van der Waals surface area (Å²) in [5, 5.41) is 18.3. The smallest absolute Gasteiger partial charge is 0.126 e. The monoisotopic (exact) mass is 234 g/mol. The number of nitriles is 1. The van der Waals surface area contributed by atoms with Gasteiger partial charge < -0.3 is 10.0 Å². The summed E-state index contributed by atoms with van der Waals surface area (Å²) in [6.07, 6.45) is 0.555. The minimum atomic E-state index is -0.389. The molecule has 0 aromatic heterocycles. The zero-order chi connectivity index (χ0) is 12.4. The average Bonchev–Trinajstić information content (AvgIpc) is 2.77. The highest BCUT2D eigenvalue weighted by atomic mass is 19.1. The quantitative estimate of drug-likeness (QED) is 0.850. The lowest BCUT2D eigenvalue weighted by Crippen LogP contribution is -2.24. The zero-order valence-corrected chi connectivity index (χ0v) is 9.73. The second-order valence-corrected chi connectivity index (χ2v) is 4.55. The Morgan fingerprint density at radius 2 is 2.29 bits per heavy atom. The second kappa shape index (κ2) is 4.72. The summed E-state index contributed by atoms with van der Waals surface area (Å²) in [5.74, 6) is -0.164. The Labute approximate surface area is 100 Å². The van der Waals surface area contributed by atoms with Gasteiger partial charge in [-0.15, -0.1) is 0 Å². The molecule has 2 atom stereocenters. The third kappa shape index (κ3) is 2.56. The zero-order valence-electron chi connectivity index (χ0n) is 9.73. The lowest BCUT2D eigenvalue weighted by Gasteiger charge is -2.20. The maximum atomic E-state index is 13.3. The molecule has 1 aliphatic heterocycles. The van der Waals surface area contributed by atoms with Crippen molar-refractivity contribution in [2.45, 2.75) is 19.4 Å². The Hall–Kier alpha value is -1.60. The van der Waals surface area contributed by atoms with E-state index >= 15 is 0 Å². The number of hydrogen-bond acceptors (Lipinski definition) is 3. The Balaban J connectivity index is 2.19. The Morgan fingerprint density at radius 3 is 2.88 bits per heavy atom. The molecular weight excluding hydrogens is 219 g/mol. The van der Waals surface area contributed by atoms with Crippen molar-refractivity contribution in [3.63, 3.8) is 0 Å². The maximum Gasteiger partial charge on any atom is 0.126 e. The number of anilines is 1. The average molecular weight is 234 g/mol. The van der Waals surface area contributed by atoms with E-state index in [0.29, 0.717) is 12.1 Å². The highest BCUT2D eigenvalue weighted by Crippen LogP contribution is 2.27. The molecule has 1 aromatic rings. The van der Waals surface area contributed by atoms with Crippen LogP contribution in [0.1, 0.15) is 18.9 Å². The van der Waals surface area contributed by atoms with Crippen LogP contribution in [0.15, 0.2) is 18.2 Å². The first-order chi connectivity index (χ1) is 8.10. The Kier molecular flexibility index (Phi) is 3.30. The van der Waals surface area contributed by atoms with E-state index in [4.69, 9.17) is 5.26 Å². The van der Waals surface area contributed by atoms with Crippen molar-refractivity contribution < 1.29 is 9.50 Å². The van der Waals surface area contributed by atoms with Crippen LogP contribution in [0.25, 0.3) is 0 Å². The third-order valence-electron chi connectivity index (χ3n) is 3.28. The molecule has 0 saturated carbocycles. The summed E-state index contributed by atoms with van der Waals surface area (Å²) >= 11 is 0. The minimum absolute atomic E-state index is 0.226. The highest BCUT2D eigenvalue weighted by molar-refractivity contribution is 5.52. The van der Waals surface area contributed by atoms with E-state index in [1.54, 1.807) is 13.0 Å². The molecule has 90 valence electrons. The van der Waals surface area contributed by atoms with Crippen molar-refractivity contribution >= 4 is 5.69 Å². The van der Waals surface area contributed by atoms with Gasteiger partial charge in [-0.2, -0.15) is 5.26 Å². The van der Waals surface area contributed by atoms with Gasteiger partial charge >= 0.3 is 0 Å². The first-order valence-electron chi connectivity index (χ1n) is 5.74. The molecule has 1 N–H and O–H groups in total. The van der Waals surface area contributed by atoms with E-state index in [9.17, 15) is 9.50 Å². The normalized spacial score (nSPS) is 21.3. The lowest BCUT2D eigenvalue weighted by molar-refractivity contribution is 0.136. The van der Waals surface area contributed by atoms with E-state index in [-0.39, 0.29) is 17.8 Å². The SMILES string of the molecule is CC(O)C1CCN(c2cc(F)cc(C#N)c2)C1. The van der Waals surface area contributed by atoms with Gasteiger partial charge in [0, 0.05) is 24.7 Å². The lowest BCUT2D eigenvalue weighted by atomic mass is 10.0. The number of halogens is 1. The molecule has 1 saturated heterocycles. The molecule has 0 radical (unpaired) electrons. The van der Waals surface area contributed by atoms with Crippen LogP contribution in [0.4, 0.5) is 10.1 Å². The van der Waals surface area contributed by atoms with Crippen LogP contribution in [0.2, 0.25) is 0 Å². The van der Waals surface area contributed by atoms with E-state index in [0.717, 1.165) is 18.7 Å². The fraction of sp³-hybridized carbons (Fsp3) is 0.462. The van der Waals surface area contributed by atoms with Gasteiger partial charge in [0.2, 0.25) is 0 Å². The second-order valence-electron chi connectivity index (χ2n) is 4.55. The fourth-order valence-electron chi connectivity index (χ4n) is 2.24. The molecule has 1 aromatic carbocycles. The Morgan fingerprint density at radius 1 is 1.53 bits per heavy atom. The van der Waals surface area contributed by atoms with Crippen molar-refractivity contribution in [1.82, 2.24) is 0 Å². The van der Waals surface area contributed by atoms with E-state index < -0.39 is 0 Å². The molecule has 17 heavy (non-hydrogen) atoms. The van der Waals surface area contributed by atoms with Gasteiger partial charge in [-0.1, -0.05) is 0 Å². The number of benzene rings is 1. The summed E-state index contributed by atoms with van der Waals surface area (Å²) in [6, 6.07) is 6.30. The van der Waals surface area contributed by atoms with Crippen LogP contribution in [0.3, 0.4) is 0 Å². The molecular formula is C13H15FN2O. The molecule has 3 nitrogen and oxygen atoms in total. The molecule has 2 rings (SSSR count). The predicted molar refractivity (Wildman–Crippen MR) is 63.1 cm³/mol. The van der Waals surface area contributed by atoms with Crippen LogP contribution in [0, 0.1) is 23.1 Å². The topological polar surface area (TPSA) is 47.3 Å². The minimum Gasteiger partial charge on any atom is -0.393 e. The molecule has 1 heterocycles. The first kappa shape index (κ1) is 11.9. The van der Waals surface area contributed by atoms with Crippen molar-refractivity contribution in [2.24, 2.45) is 5.92 Å². The molecule has 1 aliphatic rings. The number of rotatable bonds is 2. The van der Waals surface area contributed by atoms with Crippen LogP contribution in [-0.2, 0) is 0 Å². The van der Waals surface area contributed by atoms with E-state index in [1.807, 2.05) is 11.0 Å². The standard InChI is InChI=1S/C13H15FN2O/c1-9(17)11-2-3-16(8-11)13-5-10(7-15)4-12(14)6-13/h4-6,9,11,17H,2-3,8H2,1H3. The van der Waals surface area contributed by atoms with Gasteiger partial charge in [0.05, 0.1) is 17.7 Å². The number of aliphatic hydroxyl groups is 1. The van der Waals surface area contributed by atoms with Gasteiger partial charge in [0.1, 0.15) is 5.82 Å². The van der Waals surface area contributed by atoms with Crippen molar-refractivity contribution in [2.75, 3.05) is 18.0 Å². The number of nitrogens with zero attached hydrogens (tertiary/aromatic N) is 2. The Bertz CT molecular complexity index is 453. The van der Waals surface area contributed by atoms with Gasteiger partial charge in [0.15, 0.2) is 0 Å². The van der Waals surface area contributed by atoms with Crippen molar-refractivity contribution in [3.8, 4) is 6.07 Å². The van der Waals surface area contributed by atoms with Crippen molar-refractivity contribution in [1.29, 1.82) is 5.26 Å². The molecule has 0 bridgehead atoms.